The predicted octanol–water partition coefficient (Wildman–Crippen LogP) is 9.00. The minimum atomic E-state index is -0.578. The Labute approximate surface area is 181 Å². The third-order valence-corrected chi connectivity index (χ3v) is 10.0. The van der Waals surface area contributed by atoms with Crippen molar-refractivity contribution >= 4 is 0 Å². The average molecular weight is 446 g/mol. The molecule has 1 heteroatoms. The molecule has 2 aliphatic carbocycles. The first-order valence-electron chi connectivity index (χ1n) is 11.8. The number of allylic oxidation sites excluding steroid dienone is 8. The fourth-order valence-electron chi connectivity index (χ4n) is 4.34. The molecule has 0 fully saturated rings. The van der Waals surface area contributed by atoms with Crippen LogP contribution in [0.4, 0.5) is 0 Å². The van der Waals surface area contributed by atoms with Crippen LogP contribution in [0.15, 0.2) is 41.0 Å². The maximum atomic E-state index is 2.61. The van der Waals surface area contributed by atoms with Crippen LogP contribution >= 0.6 is 0 Å². The summed E-state index contributed by atoms with van der Waals surface area (Å²) in [4.78, 5) is 0. The molecule has 0 amide bonds. The van der Waals surface area contributed by atoms with E-state index in [1.165, 1.54) is 89.9 Å². The molecule has 2 rings (SSSR count). The van der Waals surface area contributed by atoms with E-state index in [0.717, 1.165) is 0 Å². The number of hydrogen-bond acceptors (Lipinski definition) is 0. The Bertz CT molecular complexity index is 533. The zero-order valence-corrected chi connectivity index (χ0v) is 21.0. The van der Waals surface area contributed by atoms with Crippen molar-refractivity contribution in [2.45, 2.75) is 118 Å². The Kier molecular flexibility index (Phi) is 11.3. The van der Waals surface area contributed by atoms with E-state index in [9.17, 15) is 0 Å². The Hall–Kier alpha value is -0.157. The molecule has 0 bridgehead atoms. The minimum absolute atomic E-state index is 0.578. The molecule has 0 radical (unpaired) electrons. The van der Waals surface area contributed by atoms with Gasteiger partial charge in [-0.1, -0.05) is 0 Å². The summed E-state index contributed by atoms with van der Waals surface area (Å²) >= 11 is -0.578. The normalized spacial score (nSPS) is 17.0. The number of hydrogen-bond donors (Lipinski definition) is 0. The summed E-state index contributed by atoms with van der Waals surface area (Å²) in [5.41, 5.74) is 7.16. The topological polar surface area (TPSA) is 0 Å². The molecule has 0 aromatic rings. The summed E-state index contributed by atoms with van der Waals surface area (Å²) in [6.45, 7) is 9.35. The molecule has 0 aromatic carbocycles. The van der Waals surface area contributed by atoms with Crippen LogP contribution in [0, 0.1) is 0 Å². The summed E-state index contributed by atoms with van der Waals surface area (Å²) in [6, 6.07) is 0. The van der Waals surface area contributed by atoms with Crippen molar-refractivity contribution in [2.24, 2.45) is 0 Å². The van der Waals surface area contributed by atoms with E-state index in [2.05, 4.69) is 39.8 Å². The fraction of sp³-hybridized carbons (Fsp3) is 0.692. The van der Waals surface area contributed by atoms with Gasteiger partial charge in [-0.05, 0) is 0 Å². The van der Waals surface area contributed by atoms with Crippen molar-refractivity contribution in [3.8, 4) is 0 Å². The second kappa shape index (κ2) is 13.1. The molecule has 0 N–H and O–H groups in total. The van der Waals surface area contributed by atoms with E-state index in [1.807, 2.05) is 17.7 Å². The van der Waals surface area contributed by atoms with Gasteiger partial charge in [0.2, 0.25) is 0 Å². The molecule has 0 atom stereocenters. The van der Waals surface area contributed by atoms with Crippen LogP contribution in [0.25, 0.3) is 0 Å². The molecule has 0 heterocycles. The third kappa shape index (κ3) is 6.99. The van der Waals surface area contributed by atoms with Crippen molar-refractivity contribution in [3.05, 3.63) is 41.0 Å². The second-order valence-corrected chi connectivity index (χ2v) is 11.9. The Balaban J connectivity index is 2.16. The predicted molar refractivity (Wildman–Crippen MR) is 118 cm³/mol. The molecule has 27 heavy (non-hydrogen) atoms. The Morgan fingerprint density at radius 2 is 0.963 bits per heavy atom. The van der Waals surface area contributed by atoms with Gasteiger partial charge in [-0.2, -0.15) is 0 Å². The van der Waals surface area contributed by atoms with Crippen LogP contribution in [0.3, 0.4) is 0 Å². The van der Waals surface area contributed by atoms with Crippen LogP contribution in [-0.2, 0) is 23.2 Å². The molecule has 2 aliphatic rings. The van der Waals surface area contributed by atoms with Gasteiger partial charge in [0.1, 0.15) is 0 Å². The summed E-state index contributed by atoms with van der Waals surface area (Å²) in [6.07, 6.45) is 24.0. The van der Waals surface area contributed by atoms with Crippen molar-refractivity contribution in [1.29, 1.82) is 0 Å². The van der Waals surface area contributed by atoms with Gasteiger partial charge in [-0.25, -0.2) is 0 Å². The summed E-state index contributed by atoms with van der Waals surface area (Å²) in [5.74, 6) is 0. The third-order valence-electron chi connectivity index (χ3n) is 6.07. The summed E-state index contributed by atoms with van der Waals surface area (Å²) < 4.78 is 3.87. The first kappa shape index (κ1) is 23.1. The molecule has 150 valence electrons. The first-order valence-corrected chi connectivity index (χ1v) is 14.3. The molecule has 0 spiro atoms. The standard InChI is InChI=1S/2C13H21.Zr/c2*1-3-5-8-12-10-7-11-13(12)9-6-4-2;/h2*10H,3-9H2,1-2H3;. The maximum absolute atomic E-state index is 2.61. The van der Waals surface area contributed by atoms with Crippen molar-refractivity contribution < 1.29 is 23.2 Å². The van der Waals surface area contributed by atoms with E-state index in [4.69, 9.17) is 0 Å². The molecular formula is C26H42Zr. The van der Waals surface area contributed by atoms with E-state index < -0.39 is 23.2 Å². The molecule has 0 aliphatic heterocycles. The van der Waals surface area contributed by atoms with Gasteiger partial charge in [0.25, 0.3) is 0 Å². The van der Waals surface area contributed by atoms with Gasteiger partial charge in [0.05, 0.1) is 0 Å². The Morgan fingerprint density at radius 1 is 0.593 bits per heavy atom. The van der Waals surface area contributed by atoms with E-state index in [-0.39, 0.29) is 0 Å². The molecule has 0 unspecified atom stereocenters. The molecular weight excluding hydrogens is 404 g/mol. The molecule has 0 aromatic heterocycles. The van der Waals surface area contributed by atoms with Gasteiger partial charge in [-0.3, -0.25) is 0 Å². The SMILES string of the molecule is CCCCC1=CC[C]([Zr][C]2=C(CCCC)C(CCCC)=CC2)=C1CCCC. The van der Waals surface area contributed by atoms with Crippen LogP contribution in [-0.4, -0.2) is 0 Å². The van der Waals surface area contributed by atoms with Crippen LogP contribution in [0.5, 0.6) is 0 Å². The van der Waals surface area contributed by atoms with Gasteiger partial charge in [0.15, 0.2) is 0 Å². The molecule has 0 nitrogen and oxygen atoms in total. The number of unbranched alkanes of at least 4 members (excludes halogenated alkanes) is 4. The zero-order chi connectivity index (χ0) is 19.5. The van der Waals surface area contributed by atoms with Gasteiger partial charge >= 0.3 is 182 Å². The van der Waals surface area contributed by atoms with Crippen molar-refractivity contribution in [1.82, 2.24) is 0 Å². The van der Waals surface area contributed by atoms with Crippen LogP contribution in [0.1, 0.15) is 118 Å². The van der Waals surface area contributed by atoms with Crippen molar-refractivity contribution in [3.63, 3.8) is 0 Å². The first-order chi connectivity index (χ1) is 13.2. The van der Waals surface area contributed by atoms with Gasteiger partial charge in [-0.15, -0.1) is 0 Å². The molecule has 0 saturated carbocycles. The summed E-state index contributed by atoms with van der Waals surface area (Å²) in [5, 5.41) is 0. The zero-order valence-electron chi connectivity index (χ0n) is 18.6. The number of rotatable bonds is 14. The fourth-order valence-corrected chi connectivity index (χ4v) is 8.38. The van der Waals surface area contributed by atoms with Crippen molar-refractivity contribution in [2.75, 3.05) is 0 Å². The Morgan fingerprint density at radius 3 is 1.33 bits per heavy atom. The molecule has 0 saturated heterocycles. The van der Waals surface area contributed by atoms with Crippen LogP contribution < -0.4 is 0 Å². The second-order valence-electron chi connectivity index (χ2n) is 8.32. The van der Waals surface area contributed by atoms with E-state index in [1.54, 1.807) is 11.1 Å². The van der Waals surface area contributed by atoms with E-state index in [0.29, 0.717) is 0 Å². The van der Waals surface area contributed by atoms with Gasteiger partial charge < -0.3 is 0 Å². The summed E-state index contributed by atoms with van der Waals surface area (Å²) in [7, 11) is 0. The average Bonchev–Trinajstić information content (AvgIpc) is 3.25. The van der Waals surface area contributed by atoms with Gasteiger partial charge in [0, 0.05) is 0 Å². The quantitative estimate of drug-likeness (QED) is 0.250. The van der Waals surface area contributed by atoms with E-state index >= 15 is 0 Å². The van der Waals surface area contributed by atoms with Crippen LogP contribution in [0.2, 0.25) is 0 Å². The monoisotopic (exact) mass is 444 g/mol.